The summed E-state index contributed by atoms with van der Waals surface area (Å²) < 4.78 is 16.4. The number of methoxy groups -OCH3 is 2. The van der Waals surface area contributed by atoms with E-state index >= 15 is 0 Å². The first-order valence-electron chi connectivity index (χ1n) is 9.60. The first-order valence-corrected chi connectivity index (χ1v) is 9.60. The fraction of sp³-hybridized carbons (Fsp3) is 0.409. The maximum atomic E-state index is 13.0. The lowest BCUT2D eigenvalue weighted by atomic mass is 10.0. The summed E-state index contributed by atoms with van der Waals surface area (Å²) in [6, 6.07) is 11.3. The second-order valence-electron chi connectivity index (χ2n) is 6.80. The van der Waals surface area contributed by atoms with E-state index in [1.807, 2.05) is 55.1 Å². The number of nitrogens with zero attached hydrogens (tertiary/aromatic N) is 1. The van der Waals surface area contributed by atoms with Crippen molar-refractivity contribution in [2.75, 3.05) is 32.7 Å². The average Bonchev–Trinajstić information content (AvgIpc) is 3.19. The van der Waals surface area contributed by atoms with Gasteiger partial charge in [0.2, 0.25) is 0 Å². The predicted molar refractivity (Wildman–Crippen MR) is 110 cm³/mol. The van der Waals surface area contributed by atoms with Crippen LogP contribution in [-0.4, -0.2) is 38.3 Å². The highest BCUT2D eigenvalue weighted by atomic mass is 16.5. The monoisotopic (exact) mass is 384 g/mol. The van der Waals surface area contributed by atoms with Crippen LogP contribution < -0.4 is 19.5 Å². The Morgan fingerprint density at radius 2 is 1.93 bits per heavy atom. The summed E-state index contributed by atoms with van der Waals surface area (Å²) >= 11 is 0. The van der Waals surface area contributed by atoms with E-state index in [1.54, 1.807) is 14.2 Å². The van der Waals surface area contributed by atoms with Crippen molar-refractivity contribution >= 4 is 11.7 Å². The molecule has 150 valence electrons. The lowest BCUT2D eigenvalue weighted by molar-refractivity contribution is 0.206. The van der Waals surface area contributed by atoms with Crippen LogP contribution in [-0.2, 0) is 0 Å². The zero-order chi connectivity index (χ0) is 20.1. The molecule has 3 rings (SSSR count). The molecule has 1 unspecified atom stereocenters. The number of amides is 2. The lowest BCUT2D eigenvalue weighted by Crippen LogP contribution is -2.34. The maximum Gasteiger partial charge on any atom is 0.322 e. The van der Waals surface area contributed by atoms with Crippen LogP contribution >= 0.6 is 0 Å². The summed E-state index contributed by atoms with van der Waals surface area (Å²) in [6.07, 6.45) is 1.86. The van der Waals surface area contributed by atoms with Gasteiger partial charge in [-0.05, 0) is 62.6 Å². The van der Waals surface area contributed by atoms with Crippen molar-refractivity contribution in [1.82, 2.24) is 4.90 Å². The first kappa shape index (κ1) is 19.9. The van der Waals surface area contributed by atoms with Gasteiger partial charge in [0.25, 0.3) is 0 Å². The Bertz CT molecular complexity index is 837. The molecule has 1 saturated heterocycles. The third-order valence-corrected chi connectivity index (χ3v) is 5.06. The molecular formula is C22H28N2O4. The van der Waals surface area contributed by atoms with Crippen LogP contribution in [0.1, 0.15) is 36.9 Å². The molecule has 28 heavy (non-hydrogen) atoms. The predicted octanol–water partition coefficient (Wildman–Crippen LogP) is 4.78. The van der Waals surface area contributed by atoms with E-state index < -0.39 is 0 Å². The van der Waals surface area contributed by atoms with Gasteiger partial charge < -0.3 is 24.4 Å². The Balaban J connectivity index is 1.78. The minimum atomic E-state index is -0.104. The van der Waals surface area contributed by atoms with Gasteiger partial charge >= 0.3 is 6.03 Å². The zero-order valence-electron chi connectivity index (χ0n) is 17.0. The van der Waals surface area contributed by atoms with Gasteiger partial charge in [0.15, 0.2) is 0 Å². The smallest absolute Gasteiger partial charge is 0.322 e. The van der Waals surface area contributed by atoms with E-state index in [9.17, 15) is 4.79 Å². The topological polar surface area (TPSA) is 60.0 Å². The minimum absolute atomic E-state index is 0.0242. The Morgan fingerprint density at radius 1 is 1.14 bits per heavy atom. The maximum absolute atomic E-state index is 13.0. The number of aryl methyl sites for hydroxylation is 1. The molecule has 1 atom stereocenters. The van der Waals surface area contributed by atoms with E-state index in [1.165, 1.54) is 0 Å². The molecule has 0 bridgehead atoms. The van der Waals surface area contributed by atoms with Crippen LogP contribution in [0.5, 0.6) is 17.2 Å². The number of rotatable bonds is 6. The first-order chi connectivity index (χ1) is 13.6. The number of carbonyl (C=O) groups excluding carboxylic acids is 1. The number of anilines is 1. The zero-order valence-corrected chi connectivity index (χ0v) is 17.0. The molecule has 0 aromatic heterocycles. The molecule has 2 aromatic rings. The molecule has 2 aromatic carbocycles. The highest BCUT2D eigenvalue weighted by Gasteiger charge is 2.32. The summed E-state index contributed by atoms with van der Waals surface area (Å²) in [6.45, 7) is 5.24. The van der Waals surface area contributed by atoms with Gasteiger partial charge in [0.1, 0.15) is 17.2 Å². The van der Waals surface area contributed by atoms with Gasteiger partial charge in [0.05, 0.1) is 26.9 Å². The third kappa shape index (κ3) is 4.16. The van der Waals surface area contributed by atoms with Crippen LogP contribution in [0.15, 0.2) is 36.4 Å². The Hall–Kier alpha value is -2.89. The molecule has 0 aliphatic carbocycles. The van der Waals surface area contributed by atoms with Crippen molar-refractivity contribution in [2.45, 2.75) is 32.7 Å². The second kappa shape index (κ2) is 8.87. The summed E-state index contributed by atoms with van der Waals surface area (Å²) in [5.74, 6) is 2.28. The van der Waals surface area contributed by atoms with E-state index in [0.717, 1.165) is 46.9 Å². The van der Waals surface area contributed by atoms with Crippen molar-refractivity contribution < 1.29 is 19.0 Å². The van der Waals surface area contributed by atoms with Crippen molar-refractivity contribution in [3.8, 4) is 17.2 Å². The van der Waals surface area contributed by atoms with Gasteiger partial charge in [-0.1, -0.05) is 0 Å². The Morgan fingerprint density at radius 3 is 2.61 bits per heavy atom. The molecule has 6 heteroatoms. The number of urea groups is 1. The van der Waals surface area contributed by atoms with Crippen molar-refractivity contribution in [2.24, 2.45) is 0 Å². The fourth-order valence-electron chi connectivity index (χ4n) is 3.65. The summed E-state index contributed by atoms with van der Waals surface area (Å²) in [5, 5.41) is 3.05. The number of carbonyl (C=O) groups is 1. The van der Waals surface area contributed by atoms with E-state index in [-0.39, 0.29) is 12.1 Å². The highest BCUT2D eigenvalue weighted by Crippen LogP contribution is 2.39. The molecule has 1 aliphatic rings. The van der Waals surface area contributed by atoms with Gasteiger partial charge in [0, 0.05) is 23.9 Å². The molecule has 0 saturated carbocycles. The van der Waals surface area contributed by atoms with Crippen LogP contribution in [0.2, 0.25) is 0 Å². The molecule has 1 fully saturated rings. The van der Waals surface area contributed by atoms with Crippen LogP contribution in [0.3, 0.4) is 0 Å². The molecule has 0 spiro atoms. The van der Waals surface area contributed by atoms with Gasteiger partial charge in [-0.2, -0.15) is 0 Å². The molecule has 6 nitrogen and oxygen atoms in total. The Kier molecular flexibility index (Phi) is 6.29. The molecule has 1 N–H and O–H groups in total. The van der Waals surface area contributed by atoms with Gasteiger partial charge in [-0.15, -0.1) is 0 Å². The minimum Gasteiger partial charge on any atom is -0.497 e. The third-order valence-electron chi connectivity index (χ3n) is 5.06. The fourth-order valence-corrected chi connectivity index (χ4v) is 3.65. The second-order valence-corrected chi connectivity index (χ2v) is 6.80. The summed E-state index contributed by atoms with van der Waals surface area (Å²) in [7, 11) is 3.27. The van der Waals surface area contributed by atoms with Crippen molar-refractivity contribution in [1.29, 1.82) is 0 Å². The van der Waals surface area contributed by atoms with Gasteiger partial charge in [-0.3, -0.25) is 0 Å². The van der Waals surface area contributed by atoms with Crippen molar-refractivity contribution in [3.63, 3.8) is 0 Å². The highest BCUT2D eigenvalue weighted by molar-refractivity contribution is 5.90. The van der Waals surface area contributed by atoms with Crippen molar-refractivity contribution in [3.05, 3.63) is 47.5 Å². The molecular weight excluding hydrogens is 356 g/mol. The van der Waals surface area contributed by atoms with Gasteiger partial charge in [-0.25, -0.2) is 4.79 Å². The number of ether oxygens (including phenoxy) is 3. The normalized spacial score (nSPS) is 16.0. The number of likely N-dealkylation sites (tertiary alicyclic amines) is 1. The number of benzene rings is 2. The average molecular weight is 384 g/mol. The standard InChI is InChI=1S/C22H28N2O4/c1-5-28-17-9-11-19(15(2)13-17)23-22(25)24-12-6-7-20(24)18-10-8-16(26-3)14-21(18)27-4/h8-11,13-14,20H,5-7,12H2,1-4H3,(H,23,25). The Labute approximate surface area is 166 Å². The summed E-state index contributed by atoms with van der Waals surface area (Å²) in [4.78, 5) is 14.9. The molecule has 0 radical (unpaired) electrons. The number of nitrogens with one attached hydrogen (secondary N) is 1. The lowest BCUT2D eigenvalue weighted by Gasteiger charge is -2.27. The van der Waals surface area contributed by atoms with E-state index in [4.69, 9.17) is 14.2 Å². The molecule has 1 aliphatic heterocycles. The van der Waals surface area contributed by atoms with Crippen LogP contribution in [0.25, 0.3) is 0 Å². The largest absolute Gasteiger partial charge is 0.497 e. The van der Waals surface area contributed by atoms with Crippen LogP contribution in [0.4, 0.5) is 10.5 Å². The number of hydrogen-bond donors (Lipinski definition) is 1. The number of hydrogen-bond acceptors (Lipinski definition) is 4. The van der Waals surface area contributed by atoms with Crippen LogP contribution in [0, 0.1) is 6.92 Å². The summed E-state index contributed by atoms with van der Waals surface area (Å²) in [5.41, 5.74) is 2.76. The molecule has 2 amide bonds. The van der Waals surface area contributed by atoms with E-state index in [2.05, 4.69) is 5.32 Å². The molecule has 1 heterocycles. The van der Waals surface area contributed by atoms with E-state index in [0.29, 0.717) is 13.2 Å². The SMILES string of the molecule is CCOc1ccc(NC(=O)N2CCCC2c2ccc(OC)cc2OC)c(C)c1. The quantitative estimate of drug-likeness (QED) is 0.779.